The molecule has 108 valence electrons. The van der Waals surface area contributed by atoms with Crippen LogP contribution in [0.1, 0.15) is 30.1 Å². The Morgan fingerprint density at radius 2 is 1.95 bits per heavy atom. The van der Waals surface area contributed by atoms with E-state index in [0.29, 0.717) is 31.5 Å². The average Bonchev–Trinajstić information content (AvgIpc) is 2.47. The Kier molecular flexibility index (Phi) is 3.83. The quantitative estimate of drug-likeness (QED) is 0.329. The number of nitrogens with two attached hydrogens (primary N) is 1. The highest BCUT2D eigenvalue weighted by molar-refractivity contribution is 5.97. The molecule has 1 fully saturated rings. The summed E-state index contributed by atoms with van der Waals surface area (Å²) in [6, 6.07) is 6.50. The number of phenolic OH excluding ortho intramolecular Hbond substituents is 1. The molecule has 0 bridgehead atoms. The lowest BCUT2D eigenvalue weighted by atomic mass is 9.79. The predicted molar refractivity (Wildman–Crippen MR) is 74.8 cm³/mol. The Morgan fingerprint density at radius 1 is 1.35 bits per heavy atom. The van der Waals surface area contributed by atoms with Crippen LogP contribution in [0, 0.1) is 5.41 Å². The summed E-state index contributed by atoms with van der Waals surface area (Å²) in [4.78, 5) is 14.0. The van der Waals surface area contributed by atoms with Crippen molar-refractivity contribution in [2.75, 3.05) is 13.1 Å². The Morgan fingerprint density at radius 3 is 2.50 bits per heavy atom. The number of likely N-dealkylation sites (tertiary alicyclic amines) is 1. The zero-order chi connectivity index (χ0) is 14.8. The second-order valence-electron chi connectivity index (χ2n) is 5.36. The van der Waals surface area contributed by atoms with Crippen molar-refractivity contribution in [3.05, 3.63) is 29.8 Å². The van der Waals surface area contributed by atoms with Gasteiger partial charge in [-0.15, -0.1) is 0 Å². The fourth-order valence-corrected chi connectivity index (χ4v) is 2.41. The first-order valence-corrected chi connectivity index (χ1v) is 6.53. The van der Waals surface area contributed by atoms with Crippen LogP contribution in [0.3, 0.4) is 0 Å². The van der Waals surface area contributed by atoms with Crippen LogP contribution in [0.15, 0.2) is 29.4 Å². The minimum absolute atomic E-state index is 0.0118. The highest BCUT2D eigenvalue weighted by atomic mass is 16.4. The van der Waals surface area contributed by atoms with Crippen LogP contribution in [0.2, 0.25) is 0 Å². The van der Waals surface area contributed by atoms with E-state index in [9.17, 15) is 9.90 Å². The molecule has 0 radical (unpaired) electrons. The molecule has 6 nitrogen and oxygen atoms in total. The highest BCUT2D eigenvalue weighted by Crippen LogP contribution is 2.32. The van der Waals surface area contributed by atoms with E-state index in [2.05, 4.69) is 5.16 Å². The molecule has 0 spiro atoms. The van der Waals surface area contributed by atoms with Crippen molar-refractivity contribution < 1.29 is 15.1 Å². The van der Waals surface area contributed by atoms with Crippen molar-refractivity contribution in [2.45, 2.75) is 19.8 Å². The summed E-state index contributed by atoms with van der Waals surface area (Å²) in [5.74, 6) is -0.000847. The lowest BCUT2D eigenvalue weighted by Gasteiger charge is -2.38. The summed E-state index contributed by atoms with van der Waals surface area (Å²) in [7, 11) is 0. The molecule has 20 heavy (non-hydrogen) atoms. The number of nitrogens with zero attached hydrogens (tertiary/aromatic N) is 2. The van der Waals surface area contributed by atoms with Gasteiger partial charge in [0.25, 0.3) is 5.91 Å². The lowest BCUT2D eigenvalue weighted by Crippen LogP contribution is -2.47. The molecule has 0 saturated carbocycles. The molecule has 0 atom stereocenters. The SMILES string of the molecule is CC1(/C(N)=N/O)CCN(C(=O)c2ccccc2O)CC1. The fraction of sp³-hybridized carbons (Fsp3) is 0.429. The van der Waals surface area contributed by atoms with Gasteiger partial charge in [0.2, 0.25) is 0 Å². The standard InChI is InChI=1S/C14H19N3O3/c1-14(13(15)16-20)6-8-17(9-7-14)12(19)10-4-2-3-5-11(10)18/h2-5,18,20H,6-9H2,1H3,(H2,15,16). The molecule has 1 aliphatic rings. The van der Waals surface area contributed by atoms with Gasteiger partial charge in [0.1, 0.15) is 11.6 Å². The van der Waals surface area contributed by atoms with E-state index in [-0.39, 0.29) is 22.9 Å². The van der Waals surface area contributed by atoms with Crippen LogP contribution in [-0.4, -0.2) is 40.0 Å². The van der Waals surface area contributed by atoms with Crippen LogP contribution in [0.5, 0.6) is 5.75 Å². The van der Waals surface area contributed by atoms with Gasteiger partial charge in [0.15, 0.2) is 0 Å². The number of oxime groups is 1. The molecule has 0 aromatic heterocycles. The molecule has 1 amide bonds. The number of carbonyl (C=O) groups is 1. The van der Waals surface area contributed by atoms with Gasteiger partial charge in [-0.05, 0) is 25.0 Å². The molecule has 0 aliphatic carbocycles. The number of hydrogen-bond donors (Lipinski definition) is 3. The number of carbonyl (C=O) groups excluding carboxylic acids is 1. The smallest absolute Gasteiger partial charge is 0.257 e. The number of phenols is 1. The van der Waals surface area contributed by atoms with Gasteiger partial charge in [0, 0.05) is 18.5 Å². The van der Waals surface area contributed by atoms with E-state index in [0.717, 1.165) is 0 Å². The molecule has 0 unspecified atom stereocenters. The number of piperidine rings is 1. The van der Waals surface area contributed by atoms with Gasteiger partial charge >= 0.3 is 0 Å². The topological polar surface area (TPSA) is 99.2 Å². The Bertz CT molecular complexity index is 534. The van der Waals surface area contributed by atoms with Crippen LogP contribution >= 0.6 is 0 Å². The predicted octanol–water partition coefficient (Wildman–Crippen LogP) is 1.38. The fourth-order valence-electron chi connectivity index (χ4n) is 2.41. The van der Waals surface area contributed by atoms with Gasteiger partial charge in [-0.1, -0.05) is 24.2 Å². The molecule has 2 rings (SSSR count). The van der Waals surface area contributed by atoms with Crippen LogP contribution in [-0.2, 0) is 0 Å². The molecular weight excluding hydrogens is 258 g/mol. The van der Waals surface area contributed by atoms with Gasteiger partial charge in [-0.25, -0.2) is 0 Å². The summed E-state index contributed by atoms with van der Waals surface area (Å²) < 4.78 is 0. The number of amidine groups is 1. The molecular formula is C14H19N3O3. The Balaban J connectivity index is 2.08. The molecule has 1 aromatic carbocycles. The van der Waals surface area contributed by atoms with Gasteiger partial charge < -0.3 is 20.9 Å². The van der Waals surface area contributed by atoms with Crippen LogP contribution in [0.4, 0.5) is 0 Å². The van der Waals surface area contributed by atoms with Crippen molar-refractivity contribution in [3.63, 3.8) is 0 Å². The normalized spacial score (nSPS) is 18.9. The van der Waals surface area contributed by atoms with Gasteiger partial charge in [-0.2, -0.15) is 0 Å². The van der Waals surface area contributed by atoms with E-state index < -0.39 is 0 Å². The number of hydrogen-bond acceptors (Lipinski definition) is 4. The monoisotopic (exact) mass is 277 g/mol. The zero-order valence-electron chi connectivity index (χ0n) is 11.4. The maximum absolute atomic E-state index is 12.3. The second-order valence-corrected chi connectivity index (χ2v) is 5.36. The van der Waals surface area contributed by atoms with Crippen molar-refractivity contribution >= 4 is 11.7 Å². The summed E-state index contributed by atoms with van der Waals surface area (Å²) in [5.41, 5.74) is 5.62. The third-order valence-electron chi connectivity index (χ3n) is 4.01. The van der Waals surface area contributed by atoms with E-state index in [1.165, 1.54) is 6.07 Å². The second kappa shape index (κ2) is 5.40. The third kappa shape index (κ3) is 2.54. The molecule has 1 aliphatic heterocycles. The number of para-hydroxylation sites is 1. The summed E-state index contributed by atoms with van der Waals surface area (Å²) in [6.45, 7) is 2.95. The lowest BCUT2D eigenvalue weighted by molar-refractivity contribution is 0.0663. The maximum atomic E-state index is 12.3. The van der Waals surface area contributed by atoms with Crippen LogP contribution < -0.4 is 5.73 Å². The maximum Gasteiger partial charge on any atom is 0.257 e. The minimum atomic E-state index is -0.385. The van der Waals surface area contributed by atoms with Crippen molar-refractivity contribution in [1.29, 1.82) is 0 Å². The average molecular weight is 277 g/mol. The minimum Gasteiger partial charge on any atom is -0.507 e. The number of rotatable bonds is 2. The molecule has 4 N–H and O–H groups in total. The van der Waals surface area contributed by atoms with Crippen LogP contribution in [0.25, 0.3) is 0 Å². The molecule has 6 heteroatoms. The highest BCUT2D eigenvalue weighted by Gasteiger charge is 2.36. The summed E-state index contributed by atoms with van der Waals surface area (Å²) >= 11 is 0. The number of benzene rings is 1. The first-order chi connectivity index (χ1) is 9.48. The zero-order valence-corrected chi connectivity index (χ0v) is 11.4. The molecule has 1 saturated heterocycles. The van der Waals surface area contributed by atoms with E-state index in [1.54, 1.807) is 23.1 Å². The number of amides is 1. The van der Waals surface area contributed by atoms with Gasteiger partial charge in [-0.3, -0.25) is 4.79 Å². The van der Waals surface area contributed by atoms with Gasteiger partial charge in [0.05, 0.1) is 5.56 Å². The Labute approximate surface area is 117 Å². The Hall–Kier alpha value is -2.24. The molecule has 1 heterocycles. The number of aromatic hydroxyl groups is 1. The first kappa shape index (κ1) is 14.2. The first-order valence-electron chi connectivity index (χ1n) is 6.53. The summed E-state index contributed by atoms with van der Waals surface area (Å²) in [6.07, 6.45) is 1.25. The summed E-state index contributed by atoms with van der Waals surface area (Å²) in [5, 5.41) is 21.6. The van der Waals surface area contributed by atoms with E-state index in [1.807, 2.05) is 6.92 Å². The van der Waals surface area contributed by atoms with E-state index in [4.69, 9.17) is 10.9 Å². The van der Waals surface area contributed by atoms with Crippen molar-refractivity contribution in [2.24, 2.45) is 16.3 Å². The largest absolute Gasteiger partial charge is 0.507 e. The third-order valence-corrected chi connectivity index (χ3v) is 4.01. The molecule has 1 aromatic rings. The van der Waals surface area contributed by atoms with Crippen molar-refractivity contribution in [3.8, 4) is 5.75 Å². The van der Waals surface area contributed by atoms with E-state index >= 15 is 0 Å². The van der Waals surface area contributed by atoms with Crippen molar-refractivity contribution in [1.82, 2.24) is 4.90 Å².